The summed E-state index contributed by atoms with van der Waals surface area (Å²) < 4.78 is 2.13. The Balaban J connectivity index is 1.57. The average Bonchev–Trinajstić information content (AvgIpc) is 3.40. The Labute approximate surface area is 254 Å². The first kappa shape index (κ1) is 27.4. The third-order valence-electron chi connectivity index (χ3n) is 7.24. The molecule has 0 saturated carbocycles. The molecule has 42 heavy (non-hydrogen) atoms. The smallest absolute Gasteiger partial charge is 0.270 e. The molecule has 1 aliphatic rings. The summed E-state index contributed by atoms with van der Waals surface area (Å²) in [7, 11) is 0. The molecule has 5 aromatic rings. The largest absolute Gasteiger partial charge is 0.309 e. The summed E-state index contributed by atoms with van der Waals surface area (Å²) in [6.07, 6.45) is 2.53. The summed E-state index contributed by atoms with van der Waals surface area (Å²) >= 11 is 11.7. The monoisotopic (exact) mass is 587 g/mol. The van der Waals surface area contributed by atoms with Crippen molar-refractivity contribution < 1.29 is 9.59 Å². The molecule has 6 rings (SSSR count). The number of aromatic nitrogens is 1. The molecule has 1 aromatic heterocycles. The number of carbonyl (C=O) groups excluding carboxylic acids is 2. The first-order valence-corrected chi connectivity index (χ1v) is 14.4. The zero-order valence-electron chi connectivity index (χ0n) is 22.8. The number of thiocarbonyl (C=S) groups is 1. The molecule has 0 atom stereocenters. The van der Waals surface area contributed by atoms with Crippen molar-refractivity contribution in [2.75, 3.05) is 4.90 Å². The summed E-state index contributed by atoms with van der Waals surface area (Å²) in [6.45, 7) is 2.07. The molecule has 1 aliphatic heterocycles. The SMILES string of the molecule is CCc1ccc(N2C(=O)/C(=C\c3cc(-c4ccccc4)n(-c4ccc(Cl)cc4)c3-c3ccccc3)C(=O)NC2=S)cc1. The summed E-state index contributed by atoms with van der Waals surface area (Å²) in [4.78, 5) is 28.6. The summed E-state index contributed by atoms with van der Waals surface area (Å²) in [6, 6.07) is 37.1. The number of hydrogen-bond donors (Lipinski definition) is 1. The normalized spacial score (nSPS) is 14.4. The second-order valence-electron chi connectivity index (χ2n) is 9.86. The molecule has 4 aromatic carbocycles. The minimum absolute atomic E-state index is 0.00628. The van der Waals surface area contributed by atoms with Crippen molar-refractivity contribution >= 4 is 52.5 Å². The maximum absolute atomic E-state index is 13.9. The van der Waals surface area contributed by atoms with Gasteiger partial charge in [-0.2, -0.15) is 0 Å². The number of halogens is 1. The summed E-state index contributed by atoms with van der Waals surface area (Å²) in [5.41, 5.74) is 6.96. The Morgan fingerprint density at radius 2 is 1.38 bits per heavy atom. The number of carbonyl (C=O) groups is 2. The van der Waals surface area contributed by atoms with Gasteiger partial charge in [0.1, 0.15) is 5.57 Å². The van der Waals surface area contributed by atoms with Crippen LogP contribution in [0.2, 0.25) is 5.02 Å². The van der Waals surface area contributed by atoms with Gasteiger partial charge in [-0.05, 0) is 83.9 Å². The molecule has 0 spiro atoms. The highest BCUT2D eigenvalue weighted by Gasteiger charge is 2.35. The van der Waals surface area contributed by atoms with Crippen LogP contribution >= 0.6 is 23.8 Å². The maximum atomic E-state index is 13.9. The van der Waals surface area contributed by atoms with E-state index in [0.29, 0.717) is 16.3 Å². The first-order valence-electron chi connectivity index (χ1n) is 13.6. The Morgan fingerprint density at radius 1 is 0.786 bits per heavy atom. The van der Waals surface area contributed by atoms with Crippen LogP contribution in [0.15, 0.2) is 121 Å². The summed E-state index contributed by atoms with van der Waals surface area (Å²) in [5.74, 6) is -1.02. The van der Waals surface area contributed by atoms with Crippen molar-refractivity contribution in [2.45, 2.75) is 13.3 Å². The third-order valence-corrected chi connectivity index (χ3v) is 7.77. The van der Waals surface area contributed by atoms with Crippen molar-refractivity contribution in [1.29, 1.82) is 0 Å². The van der Waals surface area contributed by atoms with Crippen molar-refractivity contribution in [1.82, 2.24) is 9.88 Å². The van der Waals surface area contributed by atoms with E-state index in [1.165, 1.54) is 4.90 Å². The van der Waals surface area contributed by atoms with Gasteiger partial charge in [0.05, 0.1) is 17.1 Å². The minimum atomic E-state index is -0.536. The van der Waals surface area contributed by atoms with Crippen LogP contribution in [0.1, 0.15) is 18.1 Å². The van der Waals surface area contributed by atoms with E-state index in [-0.39, 0.29) is 10.7 Å². The van der Waals surface area contributed by atoms with E-state index >= 15 is 0 Å². The van der Waals surface area contributed by atoms with Crippen molar-refractivity contribution in [3.63, 3.8) is 0 Å². The quantitative estimate of drug-likeness (QED) is 0.125. The van der Waals surface area contributed by atoms with Crippen LogP contribution < -0.4 is 10.2 Å². The van der Waals surface area contributed by atoms with E-state index < -0.39 is 11.8 Å². The van der Waals surface area contributed by atoms with Gasteiger partial charge in [-0.25, -0.2) is 0 Å². The van der Waals surface area contributed by atoms with Gasteiger partial charge in [0, 0.05) is 16.3 Å². The van der Waals surface area contributed by atoms with Gasteiger partial charge in [-0.1, -0.05) is 91.3 Å². The number of nitrogens with zero attached hydrogens (tertiary/aromatic N) is 2. The summed E-state index contributed by atoms with van der Waals surface area (Å²) in [5, 5.41) is 3.40. The van der Waals surface area contributed by atoms with Crippen molar-refractivity contribution in [3.8, 4) is 28.2 Å². The number of hydrogen-bond acceptors (Lipinski definition) is 3. The Kier molecular flexibility index (Phi) is 7.57. The Hall–Kier alpha value is -4.78. The molecule has 206 valence electrons. The lowest BCUT2D eigenvalue weighted by molar-refractivity contribution is -0.122. The molecule has 0 bridgehead atoms. The first-order chi connectivity index (χ1) is 20.4. The van der Waals surface area contributed by atoms with E-state index in [4.69, 9.17) is 23.8 Å². The molecule has 5 nitrogen and oxygen atoms in total. The molecule has 2 heterocycles. The predicted octanol–water partition coefficient (Wildman–Crippen LogP) is 7.86. The van der Waals surface area contributed by atoms with Gasteiger partial charge in [-0.3, -0.25) is 19.8 Å². The fourth-order valence-corrected chi connectivity index (χ4v) is 5.55. The number of anilines is 1. The average molecular weight is 588 g/mol. The highest BCUT2D eigenvalue weighted by Crippen LogP contribution is 2.38. The van der Waals surface area contributed by atoms with Gasteiger partial charge < -0.3 is 4.57 Å². The molecule has 7 heteroatoms. The van der Waals surface area contributed by atoms with Crippen LogP contribution in [0.4, 0.5) is 5.69 Å². The third kappa shape index (κ3) is 5.18. The number of rotatable bonds is 6. The minimum Gasteiger partial charge on any atom is -0.309 e. The lowest BCUT2D eigenvalue weighted by Crippen LogP contribution is -2.54. The maximum Gasteiger partial charge on any atom is 0.270 e. The fourth-order valence-electron chi connectivity index (χ4n) is 5.14. The molecular weight excluding hydrogens is 562 g/mol. The van der Waals surface area contributed by atoms with Gasteiger partial charge in [0.15, 0.2) is 5.11 Å². The zero-order valence-corrected chi connectivity index (χ0v) is 24.3. The van der Waals surface area contributed by atoms with Gasteiger partial charge in [-0.15, -0.1) is 0 Å². The molecule has 0 radical (unpaired) electrons. The molecule has 1 saturated heterocycles. The number of nitrogens with one attached hydrogen (secondary N) is 1. The van der Waals surface area contributed by atoms with Crippen LogP contribution in [0.25, 0.3) is 34.3 Å². The second kappa shape index (κ2) is 11.6. The molecular formula is C35H26ClN3O2S. The van der Waals surface area contributed by atoms with Crippen LogP contribution in [0, 0.1) is 0 Å². The standard InChI is InChI=1S/C35H26ClN3O2S/c1-2-23-13-17-29(18-14-23)39-34(41)30(33(40)37-35(39)42)21-26-22-31(24-9-5-3-6-10-24)38(28-19-15-27(36)16-20-28)32(26)25-11-7-4-8-12-25/h3-22H,2H2,1H3,(H,37,40,42)/b30-21-. The van der Waals surface area contributed by atoms with E-state index in [0.717, 1.165) is 40.2 Å². The lowest BCUT2D eigenvalue weighted by atomic mass is 10.0. The Morgan fingerprint density at radius 3 is 2.00 bits per heavy atom. The van der Waals surface area contributed by atoms with Crippen molar-refractivity contribution in [3.05, 3.63) is 137 Å². The number of benzene rings is 4. The molecule has 0 aliphatic carbocycles. The van der Waals surface area contributed by atoms with Gasteiger partial charge in [0.2, 0.25) is 0 Å². The predicted molar refractivity (Wildman–Crippen MR) is 174 cm³/mol. The molecule has 0 unspecified atom stereocenters. The van der Waals surface area contributed by atoms with E-state index in [1.807, 2.05) is 115 Å². The van der Waals surface area contributed by atoms with Gasteiger partial charge in [0.25, 0.3) is 11.8 Å². The Bertz CT molecular complexity index is 1830. The molecule has 1 N–H and O–H groups in total. The van der Waals surface area contributed by atoms with Crippen molar-refractivity contribution in [2.24, 2.45) is 0 Å². The van der Waals surface area contributed by atoms with Crippen LogP contribution in [0.3, 0.4) is 0 Å². The lowest BCUT2D eigenvalue weighted by Gasteiger charge is -2.29. The highest BCUT2D eigenvalue weighted by atomic mass is 35.5. The van der Waals surface area contributed by atoms with E-state index in [2.05, 4.69) is 16.8 Å². The highest BCUT2D eigenvalue weighted by molar-refractivity contribution is 7.80. The number of aryl methyl sites for hydroxylation is 1. The van der Waals surface area contributed by atoms with E-state index in [9.17, 15) is 9.59 Å². The topological polar surface area (TPSA) is 54.3 Å². The number of amides is 2. The fraction of sp³-hybridized carbons (Fsp3) is 0.0571. The second-order valence-corrected chi connectivity index (χ2v) is 10.7. The molecule has 2 amide bonds. The van der Waals surface area contributed by atoms with Crippen LogP contribution in [-0.4, -0.2) is 21.5 Å². The van der Waals surface area contributed by atoms with E-state index in [1.54, 1.807) is 6.08 Å². The van der Waals surface area contributed by atoms with Gasteiger partial charge >= 0.3 is 0 Å². The van der Waals surface area contributed by atoms with Crippen LogP contribution in [-0.2, 0) is 16.0 Å². The molecule has 1 fully saturated rings. The zero-order chi connectivity index (χ0) is 29.2. The van der Waals surface area contributed by atoms with Crippen LogP contribution in [0.5, 0.6) is 0 Å².